The number of carbonyl (C=O) groups excluding carboxylic acids is 1. The third-order valence-corrected chi connectivity index (χ3v) is 6.06. The molecule has 0 bridgehead atoms. The molecular weight excluding hydrogens is 411 g/mol. The van der Waals surface area contributed by atoms with Gasteiger partial charge in [0.1, 0.15) is 17.5 Å². The van der Waals surface area contributed by atoms with Crippen LogP contribution in [0.15, 0.2) is 10.9 Å². The summed E-state index contributed by atoms with van der Waals surface area (Å²) in [6, 6.07) is -0.488. The molecular formula is C19H19F5N4O2. The van der Waals surface area contributed by atoms with E-state index in [1.165, 1.54) is 11.8 Å². The number of aromatic nitrogens is 1. The number of nitrogens with zero attached hydrogens (tertiary/aromatic N) is 4. The van der Waals surface area contributed by atoms with E-state index in [1.54, 1.807) is 11.9 Å². The molecule has 1 aromatic carbocycles. The van der Waals surface area contributed by atoms with Gasteiger partial charge in [-0.25, -0.2) is 13.7 Å². The average Bonchev–Trinajstić information content (AvgIpc) is 2.64. The van der Waals surface area contributed by atoms with E-state index < -0.39 is 46.0 Å². The molecule has 0 N–H and O–H groups in total. The lowest BCUT2D eigenvalue weighted by Crippen LogP contribution is -2.67. The molecule has 2 unspecified atom stereocenters. The predicted molar refractivity (Wildman–Crippen MR) is 101 cm³/mol. The van der Waals surface area contributed by atoms with E-state index in [-0.39, 0.29) is 41.3 Å². The largest absolute Gasteiger partial charge is 0.491 e. The standard InChI is InChI=1S/C19H19F5N4O2/c1-8-6-27-12(7-25(8)3)17(29)28(19(22,23)24)16-15(27)10-5-11(20)9(2)13(21)14(10)26(4)18(16)30/h5,8,12H,6-7H2,1-4H3. The van der Waals surface area contributed by atoms with Crippen molar-refractivity contribution in [2.75, 3.05) is 29.9 Å². The lowest BCUT2D eigenvalue weighted by atomic mass is 9.98. The van der Waals surface area contributed by atoms with Crippen LogP contribution in [0.4, 0.5) is 33.3 Å². The average molecular weight is 430 g/mol. The zero-order chi connectivity index (χ0) is 22.3. The van der Waals surface area contributed by atoms with Crippen LogP contribution in [-0.2, 0) is 11.8 Å². The normalized spacial score (nSPS) is 22.5. The van der Waals surface area contributed by atoms with Crippen LogP contribution >= 0.6 is 0 Å². The Labute approximate surface area is 168 Å². The maximum Gasteiger partial charge on any atom is 0.491 e. The molecule has 0 radical (unpaired) electrons. The molecule has 0 aliphatic carbocycles. The van der Waals surface area contributed by atoms with Crippen molar-refractivity contribution in [1.82, 2.24) is 9.47 Å². The number of hydrogen-bond donors (Lipinski definition) is 0. The molecule has 1 amide bonds. The van der Waals surface area contributed by atoms with Crippen LogP contribution in [0.25, 0.3) is 10.9 Å². The number of piperazine rings is 1. The van der Waals surface area contributed by atoms with Gasteiger partial charge in [0.05, 0.1) is 11.2 Å². The first kappa shape index (κ1) is 20.6. The predicted octanol–water partition coefficient (Wildman–Crippen LogP) is 2.50. The number of pyridine rings is 1. The zero-order valence-electron chi connectivity index (χ0n) is 16.6. The summed E-state index contributed by atoms with van der Waals surface area (Å²) in [5, 5.41) is -0.184. The van der Waals surface area contributed by atoms with E-state index in [9.17, 15) is 31.5 Å². The van der Waals surface area contributed by atoms with Gasteiger partial charge in [-0.1, -0.05) is 0 Å². The van der Waals surface area contributed by atoms with Gasteiger partial charge in [0.15, 0.2) is 5.82 Å². The quantitative estimate of drug-likeness (QED) is 0.476. The Hall–Kier alpha value is -2.69. The summed E-state index contributed by atoms with van der Waals surface area (Å²) in [4.78, 5) is 28.4. The van der Waals surface area contributed by atoms with Gasteiger partial charge in [-0.2, -0.15) is 0 Å². The molecule has 162 valence electrons. The van der Waals surface area contributed by atoms with Crippen LogP contribution < -0.4 is 15.4 Å². The van der Waals surface area contributed by atoms with Gasteiger partial charge in [-0.05, 0) is 27.0 Å². The van der Waals surface area contributed by atoms with E-state index in [0.717, 1.165) is 13.1 Å². The number of likely N-dealkylation sites (N-methyl/N-ethyl adjacent to an activating group) is 1. The van der Waals surface area contributed by atoms with Gasteiger partial charge < -0.3 is 9.47 Å². The number of carbonyl (C=O) groups is 1. The number of amides is 1. The van der Waals surface area contributed by atoms with E-state index in [2.05, 4.69) is 0 Å². The fraction of sp³-hybridized carbons (Fsp3) is 0.474. The van der Waals surface area contributed by atoms with E-state index in [1.807, 2.05) is 6.92 Å². The van der Waals surface area contributed by atoms with E-state index in [0.29, 0.717) is 4.57 Å². The molecule has 11 heteroatoms. The van der Waals surface area contributed by atoms with Gasteiger partial charge in [0.2, 0.25) is 0 Å². The lowest BCUT2D eigenvalue weighted by Gasteiger charge is -2.49. The first-order valence-electron chi connectivity index (χ1n) is 9.25. The number of benzene rings is 1. The van der Waals surface area contributed by atoms with Crippen molar-refractivity contribution >= 4 is 28.2 Å². The Bertz CT molecular complexity index is 1140. The van der Waals surface area contributed by atoms with Crippen LogP contribution in [-0.4, -0.2) is 53.9 Å². The van der Waals surface area contributed by atoms with Crippen LogP contribution in [0, 0.1) is 18.6 Å². The number of rotatable bonds is 0. The minimum absolute atomic E-state index is 0.0282. The van der Waals surface area contributed by atoms with Crippen LogP contribution in [0.3, 0.4) is 0 Å². The Morgan fingerprint density at radius 1 is 1.07 bits per heavy atom. The smallest absolute Gasteiger partial charge is 0.354 e. The second-order valence-electron chi connectivity index (χ2n) is 7.85. The van der Waals surface area contributed by atoms with Crippen molar-refractivity contribution in [3.63, 3.8) is 0 Å². The summed E-state index contributed by atoms with van der Waals surface area (Å²) >= 11 is 0. The molecule has 30 heavy (non-hydrogen) atoms. The Kier molecular flexibility index (Phi) is 4.39. The topological polar surface area (TPSA) is 48.8 Å². The summed E-state index contributed by atoms with van der Waals surface area (Å²) in [6.07, 6.45) is -5.18. The molecule has 6 nitrogen and oxygen atoms in total. The summed E-state index contributed by atoms with van der Waals surface area (Å²) in [5.74, 6) is -3.27. The fourth-order valence-corrected chi connectivity index (χ4v) is 4.27. The number of aryl methyl sites for hydroxylation is 1. The van der Waals surface area contributed by atoms with Gasteiger partial charge in [-0.3, -0.25) is 14.5 Å². The Morgan fingerprint density at radius 2 is 1.70 bits per heavy atom. The maximum absolute atomic E-state index is 14.9. The molecule has 0 saturated carbocycles. The van der Waals surface area contributed by atoms with Crippen LogP contribution in [0.1, 0.15) is 12.5 Å². The molecule has 2 aliphatic heterocycles. The molecule has 2 aliphatic rings. The number of anilines is 2. The first-order chi connectivity index (χ1) is 13.9. The van der Waals surface area contributed by atoms with Crippen molar-refractivity contribution < 1.29 is 26.7 Å². The van der Waals surface area contributed by atoms with Crippen molar-refractivity contribution in [2.24, 2.45) is 7.05 Å². The molecule has 3 heterocycles. The number of fused-ring (bicyclic) bond motifs is 5. The van der Waals surface area contributed by atoms with Crippen LogP contribution in [0.2, 0.25) is 0 Å². The third kappa shape index (κ3) is 2.64. The highest BCUT2D eigenvalue weighted by molar-refractivity contribution is 6.12. The SMILES string of the molecule is Cc1c(F)cc2c3c(c(=O)n(C)c2c1F)N(C(F)(F)F)C(=O)C1CN(C)C(C)CN31. The number of hydrogen-bond acceptors (Lipinski definition) is 4. The van der Waals surface area contributed by atoms with Crippen molar-refractivity contribution in [1.29, 1.82) is 0 Å². The second kappa shape index (κ2) is 6.40. The van der Waals surface area contributed by atoms with Crippen molar-refractivity contribution in [2.45, 2.75) is 32.2 Å². The molecule has 2 atom stereocenters. The van der Waals surface area contributed by atoms with Crippen molar-refractivity contribution in [3.8, 4) is 0 Å². The summed E-state index contributed by atoms with van der Waals surface area (Å²) < 4.78 is 71.8. The van der Waals surface area contributed by atoms with Crippen LogP contribution in [0.5, 0.6) is 0 Å². The summed E-state index contributed by atoms with van der Waals surface area (Å²) in [6.45, 7) is 3.08. The van der Waals surface area contributed by atoms with Gasteiger partial charge in [0, 0.05) is 37.1 Å². The summed E-state index contributed by atoms with van der Waals surface area (Å²) in [7, 11) is 2.77. The Balaban J connectivity index is 2.18. The molecule has 4 rings (SSSR count). The molecule has 1 fully saturated rings. The van der Waals surface area contributed by atoms with E-state index in [4.69, 9.17) is 0 Å². The Morgan fingerprint density at radius 3 is 2.30 bits per heavy atom. The monoisotopic (exact) mass is 430 g/mol. The minimum atomic E-state index is -5.18. The summed E-state index contributed by atoms with van der Waals surface area (Å²) in [5.41, 5.74) is -3.04. The molecule has 2 aromatic rings. The minimum Gasteiger partial charge on any atom is -0.354 e. The highest BCUT2D eigenvalue weighted by Crippen LogP contribution is 2.45. The van der Waals surface area contributed by atoms with Gasteiger partial charge in [-0.15, -0.1) is 13.2 Å². The molecule has 1 aromatic heterocycles. The first-order valence-corrected chi connectivity index (χ1v) is 9.25. The molecule has 0 spiro atoms. The highest BCUT2D eigenvalue weighted by Gasteiger charge is 2.54. The molecule has 1 saturated heterocycles. The zero-order valence-corrected chi connectivity index (χ0v) is 16.6. The second-order valence-corrected chi connectivity index (χ2v) is 7.85. The lowest BCUT2D eigenvalue weighted by molar-refractivity contribution is -0.152. The highest BCUT2D eigenvalue weighted by atomic mass is 19.4. The van der Waals surface area contributed by atoms with E-state index >= 15 is 0 Å². The van der Waals surface area contributed by atoms with Gasteiger partial charge >= 0.3 is 6.30 Å². The number of halogens is 5. The number of alkyl halides is 3. The van der Waals surface area contributed by atoms with Gasteiger partial charge in [0.25, 0.3) is 11.5 Å². The third-order valence-electron chi connectivity index (χ3n) is 6.06. The fourth-order valence-electron chi connectivity index (χ4n) is 4.27. The van der Waals surface area contributed by atoms with Crippen molar-refractivity contribution in [3.05, 3.63) is 33.6 Å². The maximum atomic E-state index is 14.9.